The number of carbonyl (C=O) groups excluding carboxylic acids is 1. The third-order valence-corrected chi connectivity index (χ3v) is 3.00. The molecule has 0 aliphatic heterocycles. The Morgan fingerprint density at radius 1 is 1.50 bits per heavy atom. The van der Waals surface area contributed by atoms with E-state index in [1.807, 2.05) is 0 Å². The number of nitrogens with two attached hydrogens (primary N) is 1. The quantitative estimate of drug-likeness (QED) is 0.551. The Balaban J connectivity index is 2.43. The highest BCUT2D eigenvalue weighted by Gasteiger charge is 2.48. The Kier molecular flexibility index (Phi) is 1.77. The molecule has 0 amide bonds. The molecule has 0 atom stereocenters. The van der Waals surface area contributed by atoms with Gasteiger partial charge in [-0.25, -0.2) is 0 Å². The van der Waals surface area contributed by atoms with Crippen LogP contribution < -0.4 is 5.73 Å². The number of hydrogen-bond acceptors (Lipinski definition) is 3. The van der Waals surface area contributed by atoms with Gasteiger partial charge in [0.05, 0.1) is 11.1 Å². The van der Waals surface area contributed by atoms with E-state index in [9.17, 15) is 9.90 Å². The first-order chi connectivity index (χ1) is 6.56. The van der Waals surface area contributed by atoms with E-state index < -0.39 is 0 Å². The minimum Gasteiger partial charge on any atom is -0.506 e. The zero-order chi connectivity index (χ0) is 10.3. The minimum atomic E-state index is -0.304. The first-order valence-electron chi connectivity index (χ1n) is 4.66. The van der Waals surface area contributed by atoms with Crippen LogP contribution in [0.4, 0.5) is 5.69 Å². The van der Waals surface area contributed by atoms with Crippen LogP contribution in [0.3, 0.4) is 0 Å². The monoisotopic (exact) mass is 191 g/mol. The van der Waals surface area contributed by atoms with Gasteiger partial charge in [0.1, 0.15) is 11.5 Å². The van der Waals surface area contributed by atoms with Crippen LogP contribution in [0, 0.1) is 0 Å². The molecule has 1 aliphatic carbocycles. The summed E-state index contributed by atoms with van der Waals surface area (Å²) in [4.78, 5) is 11.4. The van der Waals surface area contributed by atoms with Crippen LogP contribution >= 0.6 is 0 Å². The summed E-state index contributed by atoms with van der Waals surface area (Å²) >= 11 is 0. The van der Waals surface area contributed by atoms with E-state index in [2.05, 4.69) is 0 Å². The van der Waals surface area contributed by atoms with Gasteiger partial charge in [-0.05, 0) is 37.5 Å². The molecule has 0 saturated heterocycles. The summed E-state index contributed by atoms with van der Waals surface area (Å²) in [5.74, 6) is 0.260. The zero-order valence-electron chi connectivity index (χ0n) is 8.08. The number of ketones is 1. The molecule has 0 spiro atoms. The maximum atomic E-state index is 11.4. The van der Waals surface area contributed by atoms with E-state index in [1.54, 1.807) is 25.1 Å². The second-order valence-electron chi connectivity index (χ2n) is 3.91. The van der Waals surface area contributed by atoms with Crippen molar-refractivity contribution < 1.29 is 9.90 Å². The van der Waals surface area contributed by atoms with Crippen LogP contribution in [0.1, 0.15) is 25.3 Å². The molecule has 14 heavy (non-hydrogen) atoms. The summed E-state index contributed by atoms with van der Waals surface area (Å²) in [7, 11) is 0. The molecule has 74 valence electrons. The predicted octanol–water partition coefficient (Wildman–Crippen LogP) is 1.59. The van der Waals surface area contributed by atoms with Crippen LogP contribution in [-0.4, -0.2) is 10.9 Å². The lowest BCUT2D eigenvalue weighted by Crippen LogP contribution is -2.16. The predicted molar refractivity (Wildman–Crippen MR) is 54.1 cm³/mol. The highest BCUT2D eigenvalue weighted by Crippen LogP contribution is 2.49. The normalized spacial score (nSPS) is 17.8. The lowest BCUT2D eigenvalue weighted by Gasteiger charge is -2.12. The average molecular weight is 191 g/mol. The van der Waals surface area contributed by atoms with Crippen molar-refractivity contribution in [1.29, 1.82) is 0 Å². The number of Topliss-reactive ketones (excluding diaryl/α,β-unsaturated/α-hetero) is 1. The lowest BCUT2D eigenvalue weighted by atomic mass is 9.92. The van der Waals surface area contributed by atoms with Gasteiger partial charge < -0.3 is 10.8 Å². The molecule has 3 nitrogen and oxygen atoms in total. The van der Waals surface area contributed by atoms with Gasteiger partial charge in [-0.3, -0.25) is 4.79 Å². The summed E-state index contributed by atoms with van der Waals surface area (Å²) in [6, 6.07) is 5.03. The van der Waals surface area contributed by atoms with Crippen LogP contribution in [0.2, 0.25) is 0 Å². The van der Waals surface area contributed by atoms with E-state index in [1.165, 1.54) is 0 Å². The minimum absolute atomic E-state index is 0.0769. The van der Waals surface area contributed by atoms with Gasteiger partial charge in [-0.15, -0.1) is 0 Å². The van der Waals surface area contributed by atoms with Crippen molar-refractivity contribution >= 4 is 11.5 Å². The van der Waals surface area contributed by atoms with Gasteiger partial charge >= 0.3 is 0 Å². The van der Waals surface area contributed by atoms with E-state index in [0.717, 1.165) is 18.4 Å². The summed E-state index contributed by atoms with van der Waals surface area (Å²) < 4.78 is 0. The number of carbonyl (C=O) groups is 1. The number of nitrogen functional groups attached to an aromatic ring is 1. The van der Waals surface area contributed by atoms with Crippen LogP contribution in [0.15, 0.2) is 18.2 Å². The smallest absolute Gasteiger partial charge is 0.140 e. The Morgan fingerprint density at radius 2 is 2.14 bits per heavy atom. The number of aromatic hydroxyl groups is 1. The van der Waals surface area contributed by atoms with Crippen molar-refractivity contribution in [2.75, 3.05) is 5.73 Å². The molecule has 1 fully saturated rings. The molecule has 1 aliphatic rings. The molecule has 2 rings (SSSR count). The second kappa shape index (κ2) is 2.74. The maximum Gasteiger partial charge on any atom is 0.140 e. The van der Waals surface area contributed by atoms with Gasteiger partial charge in [0.25, 0.3) is 0 Å². The van der Waals surface area contributed by atoms with Crippen molar-refractivity contribution in [3.05, 3.63) is 23.8 Å². The van der Waals surface area contributed by atoms with Crippen LogP contribution in [-0.2, 0) is 10.2 Å². The molecule has 1 aromatic carbocycles. The van der Waals surface area contributed by atoms with Crippen molar-refractivity contribution in [3.8, 4) is 5.75 Å². The van der Waals surface area contributed by atoms with Crippen LogP contribution in [0.25, 0.3) is 0 Å². The van der Waals surface area contributed by atoms with Crippen molar-refractivity contribution in [1.82, 2.24) is 0 Å². The van der Waals surface area contributed by atoms with Gasteiger partial charge in [0.15, 0.2) is 0 Å². The fourth-order valence-electron chi connectivity index (χ4n) is 1.82. The number of rotatable bonds is 2. The van der Waals surface area contributed by atoms with E-state index in [4.69, 9.17) is 5.73 Å². The average Bonchev–Trinajstić information content (AvgIpc) is 2.90. The summed E-state index contributed by atoms with van der Waals surface area (Å²) in [6.07, 6.45) is 1.79. The fraction of sp³-hybridized carbons (Fsp3) is 0.364. The SMILES string of the molecule is CC(=O)C1(c2ccc(O)c(N)c2)CC1. The Morgan fingerprint density at radius 3 is 2.57 bits per heavy atom. The van der Waals surface area contributed by atoms with Crippen LogP contribution in [0.5, 0.6) is 5.75 Å². The Bertz CT molecular complexity index is 394. The number of phenols is 1. The third kappa shape index (κ3) is 1.16. The molecule has 3 N–H and O–H groups in total. The molecule has 0 heterocycles. The first kappa shape index (κ1) is 9.06. The number of hydrogen-bond donors (Lipinski definition) is 2. The molecular formula is C11H13NO2. The highest BCUT2D eigenvalue weighted by atomic mass is 16.3. The summed E-state index contributed by atoms with van der Waals surface area (Å²) in [5.41, 5.74) is 6.55. The van der Waals surface area contributed by atoms with Crippen molar-refractivity contribution in [3.63, 3.8) is 0 Å². The Labute approximate surface area is 82.5 Å². The molecule has 1 aromatic rings. The maximum absolute atomic E-state index is 11.4. The van der Waals surface area contributed by atoms with Gasteiger partial charge in [0.2, 0.25) is 0 Å². The molecule has 0 radical (unpaired) electrons. The molecule has 0 aromatic heterocycles. The van der Waals surface area contributed by atoms with Gasteiger partial charge in [-0.2, -0.15) is 0 Å². The fourth-order valence-corrected chi connectivity index (χ4v) is 1.82. The Hall–Kier alpha value is -1.51. The van der Waals surface area contributed by atoms with E-state index in [-0.39, 0.29) is 16.9 Å². The lowest BCUT2D eigenvalue weighted by molar-refractivity contribution is -0.119. The second-order valence-corrected chi connectivity index (χ2v) is 3.91. The number of anilines is 1. The van der Waals surface area contributed by atoms with Crippen molar-refractivity contribution in [2.45, 2.75) is 25.2 Å². The van der Waals surface area contributed by atoms with E-state index >= 15 is 0 Å². The molecule has 0 unspecified atom stereocenters. The third-order valence-electron chi connectivity index (χ3n) is 3.00. The zero-order valence-corrected chi connectivity index (χ0v) is 8.08. The topological polar surface area (TPSA) is 63.3 Å². The van der Waals surface area contributed by atoms with E-state index in [0.29, 0.717) is 5.69 Å². The standard InChI is InChI=1S/C11H13NO2/c1-7(13)11(4-5-11)8-2-3-10(14)9(12)6-8/h2-3,6,14H,4-5,12H2,1H3. The molecule has 3 heteroatoms. The molecule has 0 bridgehead atoms. The number of benzene rings is 1. The van der Waals surface area contributed by atoms with Gasteiger partial charge in [-0.1, -0.05) is 6.07 Å². The first-order valence-corrected chi connectivity index (χ1v) is 4.66. The number of phenolic OH excluding ortho intramolecular Hbond substituents is 1. The van der Waals surface area contributed by atoms with Crippen molar-refractivity contribution in [2.24, 2.45) is 0 Å². The highest BCUT2D eigenvalue weighted by molar-refractivity contribution is 5.91. The largest absolute Gasteiger partial charge is 0.506 e. The molecular weight excluding hydrogens is 178 g/mol. The summed E-state index contributed by atoms with van der Waals surface area (Å²) in [5, 5.41) is 9.26. The summed E-state index contributed by atoms with van der Waals surface area (Å²) in [6.45, 7) is 1.61. The van der Waals surface area contributed by atoms with Gasteiger partial charge in [0, 0.05) is 0 Å². The molecule has 1 saturated carbocycles.